The summed E-state index contributed by atoms with van der Waals surface area (Å²) in [5.74, 6) is 2.03. The summed E-state index contributed by atoms with van der Waals surface area (Å²) in [6.45, 7) is 4.10. The highest BCUT2D eigenvalue weighted by Gasteiger charge is 2.22. The molecule has 0 aromatic heterocycles. The number of piperazine rings is 1. The number of carbonyl (C=O) groups is 2. The minimum Gasteiger partial charge on any atom is -0.368 e. The van der Waals surface area contributed by atoms with Crippen molar-refractivity contribution >= 4 is 29.3 Å². The molecular formula is C18H26N4O2S. The van der Waals surface area contributed by atoms with Crippen molar-refractivity contribution in [3.05, 3.63) is 30.3 Å². The van der Waals surface area contributed by atoms with E-state index in [1.807, 2.05) is 34.9 Å². The highest BCUT2D eigenvalue weighted by molar-refractivity contribution is 7.99. The van der Waals surface area contributed by atoms with E-state index in [2.05, 4.69) is 27.7 Å². The van der Waals surface area contributed by atoms with Gasteiger partial charge in [0, 0.05) is 62.4 Å². The van der Waals surface area contributed by atoms with Crippen molar-refractivity contribution in [3.8, 4) is 0 Å². The second-order valence-corrected chi connectivity index (χ2v) is 7.56. The Balaban J connectivity index is 1.37. The summed E-state index contributed by atoms with van der Waals surface area (Å²) in [5, 5.41) is 6.12. The predicted octanol–water partition coefficient (Wildman–Crippen LogP) is 0.547. The van der Waals surface area contributed by atoms with Gasteiger partial charge in [-0.05, 0) is 12.1 Å². The lowest BCUT2D eigenvalue weighted by atomic mass is 10.2. The van der Waals surface area contributed by atoms with Crippen molar-refractivity contribution in [1.82, 2.24) is 15.5 Å². The van der Waals surface area contributed by atoms with Gasteiger partial charge in [0.25, 0.3) is 0 Å². The third-order valence-electron chi connectivity index (χ3n) is 4.62. The van der Waals surface area contributed by atoms with E-state index in [-0.39, 0.29) is 24.4 Å². The molecule has 2 saturated heterocycles. The number of benzene rings is 1. The zero-order chi connectivity index (χ0) is 17.5. The molecule has 0 radical (unpaired) electrons. The maximum Gasteiger partial charge on any atom is 0.242 e. The average molecular weight is 362 g/mol. The minimum absolute atomic E-state index is 0.00652. The van der Waals surface area contributed by atoms with E-state index in [1.54, 1.807) is 0 Å². The smallest absolute Gasteiger partial charge is 0.242 e. The number of rotatable bonds is 5. The fourth-order valence-electron chi connectivity index (χ4n) is 3.19. The van der Waals surface area contributed by atoms with E-state index >= 15 is 0 Å². The molecule has 1 aromatic carbocycles. The Morgan fingerprint density at radius 3 is 2.60 bits per heavy atom. The number of nitrogens with zero attached hydrogens (tertiary/aromatic N) is 2. The number of hydrogen-bond donors (Lipinski definition) is 2. The molecule has 1 aromatic rings. The summed E-state index contributed by atoms with van der Waals surface area (Å²) in [4.78, 5) is 28.4. The SMILES string of the molecule is O=C(CC1CSCCN1)NCC(=O)N1CCN(c2ccccc2)CC1. The van der Waals surface area contributed by atoms with Gasteiger partial charge >= 0.3 is 0 Å². The number of amides is 2. The van der Waals surface area contributed by atoms with Crippen LogP contribution in [0.25, 0.3) is 0 Å². The number of anilines is 1. The van der Waals surface area contributed by atoms with Crippen molar-refractivity contribution in [2.24, 2.45) is 0 Å². The fourth-order valence-corrected chi connectivity index (χ4v) is 4.13. The molecule has 136 valence electrons. The van der Waals surface area contributed by atoms with Crippen molar-refractivity contribution in [2.75, 3.05) is 55.7 Å². The van der Waals surface area contributed by atoms with Crippen LogP contribution in [0.5, 0.6) is 0 Å². The van der Waals surface area contributed by atoms with E-state index < -0.39 is 0 Å². The lowest BCUT2D eigenvalue weighted by Crippen LogP contribution is -2.51. The van der Waals surface area contributed by atoms with E-state index in [0.717, 1.165) is 31.1 Å². The Kier molecular flexibility index (Phi) is 6.58. The standard InChI is InChI=1S/C18H26N4O2S/c23-17(12-15-14-25-11-6-19-15)20-13-18(24)22-9-7-21(8-10-22)16-4-2-1-3-5-16/h1-5,15,19H,6-14H2,(H,20,23). The molecular weight excluding hydrogens is 336 g/mol. The Labute approximate surface area is 153 Å². The number of thioether (sulfide) groups is 1. The van der Waals surface area contributed by atoms with Crippen LogP contribution in [0.3, 0.4) is 0 Å². The molecule has 2 amide bonds. The van der Waals surface area contributed by atoms with Crippen molar-refractivity contribution < 1.29 is 9.59 Å². The second-order valence-electron chi connectivity index (χ2n) is 6.41. The Morgan fingerprint density at radius 1 is 1.16 bits per heavy atom. The summed E-state index contributed by atoms with van der Waals surface area (Å²) in [5.41, 5.74) is 1.20. The topological polar surface area (TPSA) is 64.7 Å². The average Bonchev–Trinajstić information content (AvgIpc) is 2.68. The first kappa shape index (κ1) is 18.1. The third kappa shape index (κ3) is 5.37. The zero-order valence-electron chi connectivity index (χ0n) is 14.4. The molecule has 1 atom stereocenters. The molecule has 2 fully saturated rings. The summed E-state index contributed by atoms with van der Waals surface area (Å²) in [6, 6.07) is 10.5. The van der Waals surface area contributed by atoms with E-state index in [0.29, 0.717) is 19.5 Å². The number of nitrogens with one attached hydrogen (secondary N) is 2. The molecule has 0 aliphatic carbocycles. The largest absolute Gasteiger partial charge is 0.368 e. The molecule has 6 nitrogen and oxygen atoms in total. The Hall–Kier alpha value is -1.73. The van der Waals surface area contributed by atoms with Gasteiger partial charge in [0.1, 0.15) is 0 Å². The van der Waals surface area contributed by atoms with Crippen LogP contribution in [-0.2, 0) is 9.59 Å². The molecule has 2 aliphatic rings. The molecule has 25 heavy (non-hydrogen) atoms. The first-order valence-electron chi connectivity index (χ1n) is 8.88. The van der Waals surface area contributed by atoms with Gasteiger partial charge < -0.3 is 20.4 Å². The van der Waals surface area contributed by atoms with Crippen LogP contribution in [0, 0.1) is 0 Å². The molecule has 0 bridgehead atoms. The van der Waals surface area contributed by atoms with Crippen LogP contribution >= 0.6 is 11.8 Å². The third-order valence-corrected chi connectivity index (χ3v) is 5.75. The van der Waals surface area contributed by atoms with Crippen LogP contribution in [-0.4, -0.2) is 73.5 Å². The van der Waals surface area contributed by atoms with Gasteiger partial charge in [-0.2, -0.15) is 11.8 Å². The maximum atomic E-state index is 12.3. The maximum absolute atomic E-state index is 12.3. The monoisotopic (exact) mass is 362 g/mol. The Morgan fingerprint density at radius 2 is 1.92 bits per heavy atom. The Bertz CT molecular complexity index is 570. The molecule has 0 saturated carbocycles. The molecule has 0 spiro atoms. The quantitative estimate of drug-likeness (QED) is 0.801. The normalized spacial score (nSPS) is 21.0. The van der Waals surface area contributed by atoms with Crippen LogP contribution in [0.1, 0.15) is 6.42 Å². The molecule has 3 rings (SSSR count). The summed E-state index contributed by atoms with van der Waals surface area (Å²) >= 11 is 1.87. The highest BCUT2D eigenvalue weighted by atomic mass is 32.2. The second kappa shape index (κ2) is 9.10. The molecule has 1 unspecified atom stereocenters. The van der Waals surface area contributed by atoms with Gasteiger partial charge in [-0.3, -0.25) is 9.59 Å². The van der Waals surface area contributed by atoms with Crippen LogP contribution < -0.4 is 15.5 Å². The minimum atomic E-state index is -0.0451. The van der Waals surface area contributed by atoms with Gasteiger partial charge in [-0.1, -0.05) is 18.2 Å². The van der Waals surface area contributed by atoms with Gasteiger partial charge in [0.05, 0.1) is 6.54 Å². The van der Waals surface area contributed by atoms with Gasteiger partial charge in [-0.15, -0.1) is 0 Å². The summed E-state index contributed by atoms with van der Waals surface area (Å²) < 4.78 is 0. The molecule has 2 heterocycles. The van der Waals surface area contributed by atoms with Crippen molar-refractivity contribution in [2.45, 2.75) is 12.5 Å². The number of para-hydroxylation sites is 1. The van der Waals surface area contributed by atoms with Gasteiger partial charge in [-0.25, -0.2) is 0 Å². The van der Waals surface area contributed by atoms with E-state index in [9.17, 15) is 9.59 Å². The van der Waals surface area contributed by atoms with E-state index in [4.69, 9.17) is 0 Å². The number of hydrogen-bond acceptors (Lipinski definition) is 5. The zero-order valence-corrected chi connectivity index (χ0v) is 15.3. The van der Waals surface area contributed by atoms with Crippen LogP contribution in [0.2, 0.25) is 0 Å². The summed E-state index contributed by atoms with van der Waals surface area (Å²) in [6.07, 6.45) is 0.446. The predicted molar refractivity (Wildman–Crippen MR) is 102 cm³/mol. The summed E-state index contributed by atoms with van der Waals surface area (Å²) in [7, 11) is 0. The fraction of sp³-hybridized carbons (Fsp3) is 0.556. The van der Waals surface area contributed by atoms with Gasteiger partial charge in [0.2, 0.25) is 11.8 Å². The molecule has 2 N–H and O–H groups in total. The molecule has 7 heteroatoms. The highest BCUT2D eigenvalue weighted by Crippen LogP contribution is 2.15. The van der Waals surface area contributed by atoms with Gasteiger partial charge in [0.15, 0.2) is 0 Å². The number of carbonyl (C=O) groups excluding carboxylic acids is 2. The van der Waals surface area contributed by atoms with E-state index in [1.165, 1.54) is 5.69 Å². The lowest BCUT2D eigenvalue weighted by molar-refractivity contribution is -0.133. The first-order valence-corrected chi connectivity index (χ1v) is 10.0. The molecule has 2 aliphatic heterocycles. The van der Waals surface area contributed by atoms with Crippen molar-refractivity contribution in [1.29, 1.82) is 0 Å². The van der Waals surface area contributed by atoms with Crippen molar-refractivity contribution in [3.63, 3.8) is 0 Å². The van der Waals surface area contributed by atoms with Crippen LogP contribution in [0.15, 0.2) is 30.3 Å². The first-order chi connectivity index (χ1) is 12.2. The van der Waals surface area contributed by atoms with Crippen LogP contribution in [0.4, 0.5) is 5.69 Å². The lowest BCUT2D eigenvalue weighted by Gasteiger charge is -2.36.